The molecule has 0 bridgehead atoms. The van der Waals surface area contributed by atoms with Gasteiger partial charge >= 0.3 is 5.69 Å². The van der Waals surface area contributed by atoms with Crippen LogP contribution in [0.5, 0.6) is 0 Å². The van der Waals surface area contributed by atoms with Crippen molar-refractivity contribution in [2.45, 2.75) is 19.6 Å². The Hall–Kier alpha value is -5.16. The summed E-state index contributed by atoms with van der Waals surface area (Å²) in [6.07, 6.45) is 0. The van der Waals surface area contributed by atoms with Crippen LogP contribution in [0.1, 0.15) is 16.7 Å². The molecule has 1 amide bonds. The average molecular weight is 649 g/mol. The topological polar surface area (TPSA) is 85.6 Å². The summed E-state index contributed by atoms with van der Waals surface area (Å²) >= 11 is 1.33. The van der Waals surface area contributed by atoms with E-state index >= 15 is 0 Å². The number of halogens is 1. The van der Waals surface area contributed by atoms with Crippen LogP contribution in [-0.4, -0.2) is 40.7 Å². The van der Waals surface area contributed by atoms with Crippen LogP contribution in [0.15, 0.2) is 119 Å². The number of nitrogens with zero attached hydrogens (tertiary/aromatic N) is 3. The van der Waals surface area contributed by atoms with Gasteiger partial charge in [-0.3, -0.25) is 19.1 Å². The number of anilines is 1. The maximum atomic E-state index is 15.0. The first kappa shape index (κ1) is 31.8. The summed E-state index contributed by atoms with van der Waals surface area (Å²) in [6.45, 7) is 0.907. The summed E-state index contributed by atoms with van der Waals surface area (Å²) < 4.78 is 22.6. The fraction of sp³-hybridized carbons (Fsp3) is 0.162. The first-order valence-electron chi connectivity index (χ1n) is 15.1. The number of rotatable bonds is 11. The van der Waals surface area contributed by atoms with Gasteiger partial charge in [-0.1, -0.05) is 78.9 Å². The Morgan fingerprint density at radius 2 is 1.53 bits per heavy atom. The lowest BCUT2D eigenvalue weighted by Gasteiger charge is -2.18. The van der Waals surface area contributed by atoms with Gasteiger partial charge in [0.15, 0.2) is 0 Å². The second-order valence-corrected chi connectivity index (χ2v) is 12.2. The third kappa shape index (κ3) is 6.85. The minimum Gasteiger partial charge on any atom is -0.375 e. The standard InChI is InChI=1S/C37H33FN4O4S/c1-40(21-25-11-5-3-6-12-25)23-30-33-35(44)42(29-14-7-4-8-15-29)37(45)41(22-27-13-9-10-16-31(27)38)36(33)47-34(30)26-17-19-28(20-18-26)39-32(43)24-46-2/h3-20H,21-24H2,1-2H3,(H,39,43). The van der Waals surface area contributed by atoms with Gasteiger partial charge in [0.2, 0.25) is 5.91 Å². The predicted molar refractivity (Wildman–Crippen MR) is 185 cm³/mol. The molecule has 8 nitrogen and oxygen atoms in total. The Morgan fingerprint density at radius 1 is 0.872 bits per heavy atom. The quantitative estimate of drug-likeness (QED) is 0.179. The number of nitrogens with one attached hydrogen (secondary N) is 1. The molecule has 0 aliphatic rings. The van der Waals surface area contributed by atoms with Crippen LogP contribution in [-0.2, 0) is 29.2 Å². The number of amides is 1. The predicted octanol–water partition coefficient (Wildman–Crippen LogP) is 6.29. The zero-order valence-electron chi connectivity index (χ0n) is 26.0. The van der Waals surface area contributed by atoms with Gasteiger partial charge in [0.25, 0.3) is 5.56 Å². The molecular weight excluding hydrogens is 615 g/mol. The van der Waals surface area contributed by atoms with Crippen LogP contribution in [0.2, 0.25) is 0 Å². The highest BCUT2D eigenvalue weighted by Gasteiger charge is 2.25. The molecule has 0 fully saturated rings. The summed E-state index contributed by atoms with van der Waals surface area (Å²) in [5.74, 6) is -0.709. The Balaban J connectivity index is 1.57. The van der Waals surface area contributed by atoms with Crippen molar-refractivity contribution in [2.75, 3.05) is 26.1 Å². The van der Waals surface area contributed by atoms with E-state index in [0.717, 1.165) is 21.6 Å². The van der Waals surface area contributed by atoms with Gasteiger partial charge in [-0.2, -0.15) is 0 Å². The van der Waals surface area contributed by atoms with Crippen molar-refractivity contribution in [3.05, 3.63) is 153 Å². The largest absolute Gasteiger partial charge is 0.375 e. The Morgan fingerprint density at radius 3 is 2.21 bits per heavy atom. The fourth-order valence-electron chi connectivity index (χ4n) is 5.65. The molecule has 2 aromatic heterocycles. The molecule has 1 N–H and O–H groups in total. The number of aromatic nitrogens is 2. The highest BCUT2D eigenvalue weighted by Crippen LogP contribution is 2.38. The SMILES string of the molecule is COCC(=O)Nc1ccc(-c2sc3c(c2CN(C)Cc2ccccc2)c(=O)n(-c2ccccc2)c(=O)n3Cc2ccccc2F)cc1. The van der Waals surface area contributed by atoms with E-state index in [1.807, 2.05) is 55.6 Å². The number of fused-ring (bicyclic) bond motifs is 1. The number of ether oxygens (including phenoxy) is 1. The lowest BCUT2D eigenvalue weighted by Crippen LogP contribution is -2.39. The number of methoxy groups -OCH3 is 1. The number of hydrogen-bond acceptors (Lipinski definition) is 6. The van der Waals surface area contributed by atoms with Gasteiger partial charge in [-0.05, 0) is 54.1 Å². The highest BCUT2D eigenvalue weighted by molar-refractivity contribution is 7.22. The summed E-state index contributed by atoms with van der Waals surface area (Å²) in [5, 5.41) is 3.21. The van der Waals surface area contributed by atoms with Gasteiger partial charge in [0.1, 0.15) is 17.3 Å². The molecule has 0 atom stereocenters. The Bertz CT molecular complexity index is 2140. The summed E-state index contributed by atoms with van der Waals surface area (Å²) in [4.78, 5) is 44.2. The molecule has 238 valence electrons. The molecule has 2 heterocycles. The van der Waals surface area contributed by atoms with Crippen LogP contribution >= 0.6 is 11.3 Å². The number of carbonyl (C=O) groups is 1. The summed E-state index contributed by atoms with van der Waals surface area (Å²) in [6, 6.07) is 32.5. The number of benzene rings is 4. The van der Waals surface area contributed by atoms with Crippen LogP contribution in [0, 0.1) is 5.82 Å². The third-order valence-corrected chi connectivity index (χ3v) is 9.11. The van der Waals surface area contributed by atoms with E-state index in [-0.39, 0.29) is 19.1 Å². The maximum Gasteiger partial charge on any atom is 0.337 e. The van der Waals surface area contributed by atoms with E-state index in [2.05, 4.69) is 10.2 Å². The van der Waals surface area contributed by atoms with Crippen molar-refractivity contribution in [3.8, 4) is 16.1 Å². The first-order chi connectivity index (χ1) is 22.8. The second-order valence-electron chi connectivity index (χ2n) is 11.2. The summed E-state index contributed by atoms with van der Waals surface area (Å²) in [5.41, 5.74) is 3.07. The van der Waals surface area contributed by atoms with E-state index in [9.17, 15) is 18.8 Å². The second kappa shape index (κ2) is 14.1. The molecule has 0 aliphatic heterocycles. The minimum atomic E-state index is -0.551. The van der Waals surface area contributed by atoms with E-state index in [1.54, 1.807) is 54.6 Å². The van der Waals surface area contributed by atoms with Crippen molar-refractivity contribution in [2.24, 2.45) is 0 Å². The highest BCUT2D eigenvalue weighted by atomic mass is 32.1. The van der Waals surface area contributed by atoms with Crippen molar-refractivity contribution in [3.63, 3.8) is 0 Å². The Labute approximate surface area is 274 Å². The smallest absolute Gasteiger partial charge is 0.337 e. The van der Waals surface area contributed by atoms with Crippen molar-refractivity contribution in [1.82, 2.24) is 14.0 Å². The normalized spacial score (nSPS) is 11.3. The number of para-hydroxylation sites is 1. The van der Waals surface area contributed by atoms with Crippen molar-refractivity contribution < 1.29 is 13.9 Å². The van der Waals surface area contributed by atoms with Gasteiger partial charge in [-0.25, -0.2) is 13.8 Å². The minimum absolute atomic E-state index is 0.0567. The first-order valence-corrected chi connectivity index (χ1v) is 15.9. The number of carbonyl (C=O) groups excluding carboxylic acids is 1. The van der Waals surface area contributed by atoms with E-state index in [4.69, 9.17) is 4.74 Å². The molecule has 0 unspecified atom stereocenters. The molecule has 6 rings (SSSR count). The van der Waals surface area contributed by atoms with Gasteiger partial charge in [0, 0.05) is 36.3 Å². The maximum absolute atomic E-state index is 15.0. The molecule has 0 radical (unpaired) electrons. The van der Waals surface area contributed by atoms with Gasteiger partial charge in [-0.15, -0.1) is 11.3 Å². The number of hydrogen-bond donors (Lipinski definition) is 1. The lowest BCUT2D eigenvalue weighted by atomic mass is 10.1. The van der Waals surface area contributed by atoms with E-state index in [0.29, 0.717) is 40.2 Å². The molecule has 4 aromatic carbocycles. The molecule has 0 saturated carbocycles. The molecule has 0 spiro atoms. The van der Waals surface area contributed by atoms with Crippen LogP contribution < -0.4 is 16.6 Å². The summed E-state index contributed by atoms with van der Waals surface area (Å²) in [7, 11) is 3.44. The zero-order valence-corrected chi connectivity index (χ0v) is 26.8. The lowest BCUT2D eigenvalue weighted by molar-refractivity contribution is -0.119. The van der Waals surface area contributed by atoms with Crippen molar-refractivity contribution in [1.29, 1.82) is 0 Å². The van der Waals surface area contributed by atoms with E-state index in [1.165, 1.54) is 33.6 Å². The molecule has 6 aromatic rings. The molecule has 10 heteroatoms. The fourth-order valence-corrected chi connectivity index (χ4v) is 6.95. The van der Waals surface area contributed by atoms with Gasteiger partial charge < -0.3 is 10.1 Å². The monoisotopic (exact) mass is 648 g/mol. The van der Waals surface area contributed by atoms with Crippen LogP contribution in [0.25, 0.3) is 26.3 Å². The van der Waals surface area contributed by atoms with Crippen molar-refractivity contribution >= 4 is 33.1 Å². The van der Waals surface area contributed by atoms with E-state index < -0.39 is 17.1 Å². The Kier molecular flexibility index (Phi) is 9.53. The van der Waals surface area contributed by atoms with Crippen LogP contribution in [0.4, 0.5) is 10.1 Å². The molecule has 0 aliphatic carbocycles. The molecular formula is C37H33FN4O4S. The van der Waals surface area contributed by atoms with Crippen LogP contribution in [0.3, 0.4) is 0 Å². The molecule has 0 saturated heterocycles. The molecule has 47 heavy (non-hydrogen) atoms. The zero-order chi connectivity index (χ0) is 32.9. The number of thiophene rings is 1. The van der Waals surface area contributed by atoms with Gasteiger partial charge in [0.05, 0.1) is 17.6 Å². The third-order valence-electron chi connectivity index (χ3n) is 7.80. The average Bonchev–Trinajstić information content (AvgIpc) is 3.44.